The summed E-state index contributed by atoms with van der Waals surface area (Å²) in [5.41, 5.74) is 0. The van der Waals surface area contributed by atoms with E-state index in [1.807, 2.05) is 0 Å². The molecule has 1 aliphatic rings. The highest BCUT2D eigenvalue weighted by Crippen LogP contribution is 2.20. The number of likely N-dealkylation sites (tertiary alicyclic amines) is 1. The van der Waals surface area contributed by atoms with E-state index in [0.717, 1.165) is 0 Å². The molecule has 0 atom stereocenters. The molecule has 0 aromatic carbocycles. The molecule has 0 N–H and O–H groups in total. The topological polar surface area (TPSA) is 46.6 Å². The second-order valence-electron chi connectivity index (χ2n) is 3.65. The van der Waals surface area contributed by atoms with Crippen molar-refractivity contribution in [2.75, 3.05) is 19.7 Å². The van der Waals surface area contributed by atoms with E-state index < -0.39 is 4.84 Å². The monoisotopic (exact) mass is 267 g/mol. The number of carbonyl (C=O) groups excluding carboxylic acids is 2. The molecule has 0 radical (unpaired) electrons. The normalized spacial score (nSPS) is 17.6. The predicted octanol–water partition coefficient (Wildman–Crippen LogP) is 1.59. The van der Waals surface area contributed by atoms with Crippen LogP contribution in [0.4, 0.5) is 0 Å². The van der Waals surface area contributed by atoms with Crippen LogP contribution in [0.25, 0.3) is 0 Å². The minimum atomic E-state index is -1.01. The molecule has 4 nitrogen and oxygen atoms in total. The molecule has 0 saturated carbocycles. The third kappa shape index (κ3) is 3.52. The number of ether oxygens (including phenoxy) is 1. The fourth-order valence-corrected chi connectivity index (χ4v) is 2.01. The molecule has 16 heavy (non-hydrogen) atoms. The van der Waals surface area contributed by atoms with E-state index in [1.54, 1.807) is 11.8 Å². The van der Waals surface area contributed by atoms with Crippen molar-refractivity contribution in [1.29, 1.82) is 0 Å². The quantitative estimate of drug-likeness (QED) is 0.577. The van der Waals surface area contributed by atoms with Crippen LogP contribution in [0.15, 0.2) is 0 Å². The van der Waals surface area contributed by atoms with E-state index in [1.165, 1.54) is 0 Å². The van der Waals surface area contributed by atoms with Crippen molar-refractivity contribution < 1.29 is 14.3 Å². The molecule has 0 aliphatic carbocycles. The predicted molar refractivity (Wildman–Crippen MR) is 61.4 cm³/mol. The van der Waals surface area contributed by atoms with Gasteiger partial charge >= 0.3 is 5.97 Å². The van der Waals surface area contributed by atoms with Gasteiger partial charge in [-0.25, -0.2) is 0 Å². The summed E-state index contributed by atoms with van der Waals surface area (Å²) in [6.45, 7) is 3.20. The van der Waals surface area contributed by atoms with Gasteiger partial charge in [0.15, 0.2) is 4.84 Å². The fraction of sp³-hybridized carbons (Fsp3) is 0.800. The molecule has 1 saturated heterocycles. The van der Waals surface area contributed by atoms with Gasteiger partial charge in [0.2, 0.25) is 0 Å². The maximum Gasteiger partial charge on any atom is 0.309 e. The molecule has 1 aliphatic heterocycles. The van der Waals surface area contributed by atoms with E-state index in [-0.39, 0.29) is 17.8 Å². The van der Waals surface area contributed by atoms with Gasteiger partial charge in [-0.3, -0.25) is 9.59 Å². The van der Waals surface area contributed by atoms with Gasteiger partial charge in [-0.15, -0.1) is 0 Å². The number of halogens is 2. The van der Waals surface area contributed by atoms with Crippen LogP contribution in [-0.2, 0) is 14.3 Å². The summed E-state index contributed by atoms with van der Waals surface area (Å²) in [4.78, 5) is 23.4. The van der Waals surface area contributed by atoms with Crippen LogP contribution in [0, 0.1) is 5.92 Å². The maximum atomic E-state index is 11.4. The first kappa shape index (κ1) is 13.6. The maximum absolute atomic E-state index is 11.4. The van der Waals surface area contributed by atoms with Crippen molar-refractivity contribution in [2.45, 2.75) is 24.6 Å². The van der Waals surface area contributed by atoms with Crippen molar-refractivity contribution in [1.82, 2.24) is 4.90 Å². The molecule has 0 unspecified atom stereocenters. The third-order valence-corrected chi connectivity index (χ3v) is 2.99. The molecular formula is C10H15Cl2NO3. The van der Waals surface area contributed by atoms with Crippen molar-refractivity contribution in [3.8, 4) is 0 Å². The number of esters is 1. The highest BCUT2D eigenvalue weighted by molar-refractivity contribution is 6.53. The van der Waals surface area contributed by atoms with Gasteiger partial charge in [-0.05, 0) is 19.8 Å². The molecule has 1 rings (SSSR count). The smallest absolute Gasteiger partial charge is 0.309 e. The van der Waals surface area contributed by atoms with Gasteiger partial charge in [0.05, 0.1) is 12.5 Å². The van der Waals surface area contributed by atoms with Crippen LogP contribution < -0.4 is 0 Å². The number of alkyl halides is 2. The largest absolute Gasteiger partial charge is 0.466 e. The summed E-state index contributed by atoms with van der Waals surface area (Å²) in [5, 5.41) is 0. The summed E-state index contributed by atoms with van der Waals surface area (Å²) in [5.74, 6) is -0.568. The Morgan fingerprint density at radius 1 is 1.38 bits per heavy atom. The molecule has 6 heteroatoms. The fourth-order valence-electron chi connectivity index (χ4n) is 1.73. The first-order valence-corrected chi connectivity index (χ1v) is 6.17. The van der Waals surface area contributed by atoms with Gasteiger partial charge in [-0.2, -0.15) is 0 Å². The average molecular weight is 268 g/mol. The molecule has 1 fully saturated rings. The number of piperidine rings is 1. The summed E-state index contributed by atoms with van der Waals surface area (Å²) >= 11 is 11.0. The van der Waals surface area contributed by atoms with Gasteiger partial charge in [-0.1, -0.05) is 23.2 Å². The number of nitrogens with zero attached hydrogens (tertiary/aromatic N) is 1. The van der Waals surface area contributed by atoms with Crippen LogP contribution >= 0.6 is 23.2 Å². The van der Waals surface area contributed by atoms with Crippen LogP contribution in [0.5, 0.6) is 0 Å². The van der Waals surface area contributed by atoms with Crippen molar-refractivity contribution in [2.24, 2.45) is 5.92 Å². The zero-order valence-corrected chi connectivity index (χ0v) is 10.6. The Bertz CT molecular complexity index is 263. The van der Waals surface area contributed by atoms with E-state index in [4.69, 9.17) is 27.9 Å². The molecule has 0 aromatic heterocycles. The Morgan fingerprint density at radius 3 is 2.38 bits per heavy atom. The Kier molecular flexibility index (Phi) is 5.35. The lowest BCUT2D eigenvalue weighted by atomic mass is 9.97. The standard InChI is InChI=1S/C10H15Cl2NO3/c1-2-16-10(15)7-3-5-13(6-4-7)9(14)8(11)12/h7-8H,2-6H2,1H3. The van der Waals surface area contributed by atoms with Crippen LogP contribution in [0.2, 0.25) is 0 Å². The summed E-state index contributed by atoms with van der Waals surface area (Å²) in [6, 6.07) is 0. The van der Waals surface area contributed by atoms with Crippen LogP contribution in [0.1, 0.15) is 19.8 Å². The Labute approximate surface area is 105 Å². The minimum absolute atomic E-state index is 0.104. The van der Waals surface area contributed by atoms with E-state index in [9.17, 15) is 9.59 Å². The van der Waals surface area contributed by atoms with Crippen molar-refractivity contribution in [3.63, 3.8) is 0 Å². The van der Waals surface area contributed by atoms with Gasteiger partial charge in [0, 0.05) is 13.1 Å². The zero-order chi connectivity index (χ0) is 12.1. The number of amides is 1. The van der Waals surface area contributed by atoms with Gasteiger partial charge in [0.1, 0.15) is 0 Å². The average Bonchev–Trinajstić information content (AvgIpc) is 2.28. The molecule has 0 bridgehead atoms. The van der Waals surface area contributed by atoms with E-state index in [2.05, 4.69) is 0 Å². The highest BCUT2D eigenvalue weighted by atomic mass is 35.5. The van der Waals surface area contributed by atoms with Crippen LogP contribution in [-0.4, -0.2) is 41.3 Å². The van der Waals surface area contributed by atoms with Crippen molar-refractivity contribution >= 4 is 35.1 Å². The molecule has 1 amide bonds. The lowest BCUT2D eigenvalue weighted by Gasteiger charge is -2.31. The lowest BCUT2D eigenvalue weighted by molar-refractivity contribution is -0.151. The number of hydrogen-bond acceptors (Lipinski definition) is 3. The number of hydrogen-bond donors (Lipinski definition) is 0. The second kappa shape index (κ2) is 6.30. The third-order valence-electron chi connectivity index (χ3n) is 2.61. The van der Waals surface area contributed by atoms with E-state index >= 15 is 0 Å². The Hall–Kier alpha value is -0.480. The first-order valence-electron chi connectivity index (χ1n) is 5.29. The lowest BCUT2D eigenvalue weighted by Crippen LogP contribution is -2.42. The van der Waals surface area contributed by atoms with Gasteiger partial charge in [0.25, 0.3) is 5.91 Å². The summed E-state index contributed by atoms with van der Waals surface area (Å²) < 4.78 is 4.93. The minimum Gasteiger partial charge on any atom is -0.466 e. The zero-order valence-electron chi connectivity index (χ0n) is 9.12. The summed E-state index contributed by atoms with van der Waals surface area (Å²) in [7, 11) is 0. The molecular weight excluding hydrogens is 253 g/mol. The molecule has 1 heterocycles. The number of rotatable bonds is 3. The Balaban J connectivity index is 2.39. The molecule has 0 spiro atoms. The van der Waals surface area contributed by atoms with E-state index in [0.29, 0.717) is 32.5 Å². The first-order chi connectivity index (χ1) is 7.56. The van der Waals surface area contributed by atoms with Crippen LogP contribution in [0.3, 0.4) is 0 Å². The SMILES string of the molecule is CCOC(=O)C1CCN(C(=O)C(Cl)Cl)CC1. The van der Waals surface area contributed by atoms with Gasteiger partial charge < -0.3 is 9.64 Å². The number of carbonyl (C=O) groups is 2. The highest BCUT2D eigenvalue weighted by Gasteiger charge is 2.29. The molecule has 92 valence electrons. The second-order valence-corrected chi connectivity index (χ2v) is 4.75. The summed E-state index contributed by atoms with van der Waals surface area (Å²) in [6.07, 6.45) is 1.23. The Morgan fingerprint density at radius 2 is 1.94 bits per heavy atom. The van der Waals surface area contributed by atoms with Crippen molar-refractivity contribution in [3.05, 3.63) is 0 Å². The molecule has 0 aromatic rings.